The molecule has 0 bridgehead atoms. The van der Waals surface area contributed by atoms with E-state index >= 15 is 0 Å². The van der Waals surface area contributed by atoms with Gasteiger partial charge >= 0.3 is 0 Å². The predicted molar refractivity (Wildman–Crippen MR) is 94.6 cm³/mol. The van der Waals surface area contributed by atoms with Crippen molar-refractivity contribution >= 4 is 15.7 Å². The van der Waals surface area contributed by atoms with Crippen molar-refractivity contribution in [1.82, 2.24) is 10.2 Å². The SMILES string of the molecule is CN(C)Cc1ccc(CNC(=O)c2ccc(S(C)(=O)=O)cc2)cc1. The van der Waals surface area contributed by atoms with Gasteiger partial charge in [-0.25, -0.2) is 8.42 Å². The van der Waals surface area contributed by atoms with Crippen molar-refractivity contribution in [2.75, 3.05) is 20.4 Å². The zero-order chi connectivity index (χ0) is 17.7. The van der Waals surface area contributed by atoms with Crippen molar-refractivity contribution in [3.05, 3.63) is 65.2 Å². The summed E-state index contributed by atoms with van der Waals surface area (Å²) in [5.74, 6) is -0.229. The first-order valence-electron chi connectivity index (χ1n) is 7.56. The van der Waals surface area contributed by atoms with E-state index in [1.54, 1.807) is 0 Å². The second kappa shape index (κ2) is 7.59. The van der Waals surface area contributed by atoms with Crippen LogP contribution >= 0.6 is 0 Å². The molecule has 0 aliphatic rings. The molecular formula is C18H22N2O3S. The molecule has 0 spiro atoms. The molecule has 0 radical (unpaired) electrons. The normalized spacial score (nSPS) is 11.5. The molecule has 1 amide bonds. The van der Waals surface area contributed by atoms with Gasteiger partial charge in [-0.3, -0.25) is 4.79 Å². The molecule has 0 saturated carbocycles. The number of carbonyl (C=O) groups is 1. The first-order chi connectivity index (χ1) is 11.3. The molecule has 0 saturated heterocycles. The molecule has 1 N–H and O–H groups in total. The second-order valence-corrected chi connectivity index (χ2v) is 8.05. The molecule has 24 heavy (non-hydrogen) atoms. The van der Waals surface area contributed by atoms with Gasteiger partial charge in [-0.15, -0.1) is 0 Å². The molecule has 0 fully saturated rings. The Morgan fingerprint density at radius 2 is 1.50 bits per heavy atom. The lowest BCUT2D eigenvalue weighted by molar-refractivity contribution is 0.0951. The van der Waals surface area contributed by atoms with Crippen LogP contribution in [0.4, 0.5) is 0 Å². The quantitative estimate of drug-likeness (QED) is 0.870. The maximum atomic E-state index is 12.1. The molecule has 0 aliphatic carbocycles. The van der Waals surface area contributed by atoms with Crippen LogP contribution in [0.1, 0.15) is 21.5 Å². The lowest BCUT2D eigenvalue weighted by Crippen LogP contribution is -2.22. The summed E-state index contributed by atoms with van der Waals surface area (Å²) in [6, 6.07) is 14.0. The highest BCUT2D eigenvalue weighted by Gasteiger charge is 2.09. The van der Waals surface area contributed by atoms with Gasteiger partial charge in [0.15, 0.2) is 9.84 Å². The number of benzene rings is 2. The number of amides is 1. The molecule has 0 heterocycles. The van der Waals surface area contributed by atoms with Crippen LogP contribution < -0.4 is 5.32 Å². The highest BCUT2D eigenvalue weighted by atomic mass is 32.2. The highest BCUT2D eigenvalue weighted by Crippen LogP contribution is 2.11. The van der Waals surface area contributed by atoms with Gasteiger partial charge in [0.25, 0.3) is 5.91 Å². The monoisotopic (exact) mass is 346 g/mol. The third kappa shape index (κ3) is 5.18. The van der Waals surface area contributed by atoms with E-state index in [0.717, 1.165) is 18.4 Å². The lowest BCUT2D eigenvalue weighted by Gasteiger charge is -2.10. The van der Waals surface area contributed by atoms with Gasteiger partial charge < -0.3 is 10.2 Å². The van der Waals surface area contributed by atoms with E-state index in [2.05, 4.69) is 10.2 Å². The van der Waals surface area contributed by atoms with Gasteiger partial charge in [-0.1, -0.05) is 24.3 Å². The Morgan fingerprint density at radius 1 is 0.958 bits per heavy atom. The molecule has 2 aromatic rings. The Morgan fingerprint density at radius 3 is 2.00 bits per heavy atom. The minimum Gasteiger partial charge on any atom is -0.348 e. The molecule has 0 unspecified atom stereocenters. The van der Waals surface area contributed by atoms with Crippen LogP contribution in [0, 0.1) is 0 Å². The van der Waals surface area contributed by atoms with Crippen molar-refractivity contribution in [3.63, 3.8) is 0 Å². The smallest absolute Gasteiger partial charge is 0.251 e. The summed E-state index contributed by atoms with van der Waals surface area (Å²) >= 11 is 0. The fraction of sp³-hybridized carbons (Fsp3) is 0.278. The molecule has 0 aliphatic heterocycles. The first kappa shape index (κ1) is 18.2. The van der Waals surface area contributed by atoms with Crippen LogP contribution in [-0.2, 0) is 22.9 Å². The number of rotatable bonds is 6. The van der Waals surface area contributed by atoms with Gasteiger partial charge in [0.1, 0.15) is 0 Å². The zero-order valence-corrected chi connectivity index (χ0v) is 14.9. The summed E-state index contributed by atoms with van der Waals surface area (Å²) in [6.45, 7) is 1.30. The van der Waals surface area contributed by atoms with Crippen molar-refractivity contribution in [1.29, 1.82) is 0 Å². The summed E-state index contributed by atoms with van der Waals surface area (Å²) in [6.07, 6.45) is 1.14. The number of nitrogens with one attached hydrogen (secondary N) is 1. The Balaban J connectivity index is 1.95. The van der Waals surface area contributed by atoms with E-state index in [4.69, 9.17) is 0 Å². The van der Waals surface area contributed by atoms with E-state index in [1.165, 1.54) is 29.8 Å². The Labute approximate surface area is 143 Å². The van der Waals surface area contributed by atoms with Crippen molar-refractivity contribution in [2.24, 2.45) is 0 Å². The average Bonchev–Trinajstić information content (AvgIpc) is 2.52. The van der Waals surface area contributed by atoms with Gasteiger partial charge in [0, 0.05) is 24.9 Å². The van der Waals surface area contributed by atoms with E-state index < -0.39 is 9.84 Å². The first-order valence-corrected chi connectivity index (χ1v) is 9.46. The van der Waals surface area contributed by atoms with Gasteiger partial charge in [0.05, 0.1) is 4.90 Å². The largest absolute Gasteiger partial charge is 0.348 e. The number of carbonyl (C=O) groups excluding carboxylic acids is 1. The van der Waals surface area contributed by atoms with Crippen molar-refractivity contribution in [3.8, 4) is 0 Å². The van der Waals surface area contributed by atoms with Crippen LogP contribution in [0.15, 0.2) is 53.4 Å². The van der Waals surface area contributed by atoms with Crippen molar-refractivity contribution in [2.45, 2.75) is 18.0 Å². The Bertz CT molecular complexity index is 795. The van der Waals surface area contributed by atoms with E-state index in [1.807, 2.05) is 38.4 Å². The maximum Gasteiger partial charge on any atom is 0.251 e. The predicted octanol–water partition coefficient (Wildman–Crippen LogP) is 2.08. The molecule has 0 atom stereocenters. The minimum atomic E-state index is -3.25. The van der Waals surface area contributed by atoms with E-state index in [-0.39, 0.29) is 10.8 Å². The summed E-state index contributed by atoms with van der Waals surface area (Å²) in [7, 11) is 0.786. The maximum absolute atomic E-state index is 12.1. The summed E-state index contributed by atoms with van der Waals surface area (Å²) in [5, 5.41) is 2.83. The third-order valence-corrected chi connectivity index (χ3v) is 4.65. The van der Waals surface area contributed by atoms with Crippen LogP contribution in [0.2, 0.25) is 0 Å². The number of hydrogen-bond acceptors (Lipinski definition) is 4. The van der Waals surface area contributed by atoms with Gasteiger partial charge in [-0.05, 0) is 49.5 Å². The molecule has 2 aromatic carbocycles. The molecule has 0 aromatic heterocycles. The average molecular weight is 346 g/mol. The fourth-order valence-electron chi connectivity index (χ4n) is 2.27. The number of sulfone groups is 1. The molecule has 2 rings (SSSR count). The van der Waals surface area contributed by atoms with Crippen molar-refractivity contribution < 1.29 is 13.2 Å². The lowest BCUT2D eigenvalue weighted by atomic mass is 10.1. The topological polar surface area (TPSA) is 66.5 Å². The minimum absolute atomic E-state index is 0.204. The molecule has 6 heteroatoms. The molecular weight excluding hydrogens is 324 g/mol. The molecule has 5 nitrogen and oxygen atoms in total. The van der Waals surface area contributed by atoms with Gasteiger partial charge in [0.2, 0.25) is 0 Å². The second-order valence-electron chi connectivity index (χ2n) is 6.03. The Kier molecular flexibility index (Phi) is 5.75. The third-order valence-electron chi connectivity index (χ3n) is 3.52. The number of nitrogens with zero attached hydrogens (tertiary/aromatic N) is 1. The summed E-state index contributed by atoms with van der Waals surface area (Å²) in [5.41, 5.74) is 2.66. The number of hydrogen-bond donors (Lipinski definition) is 1. The van der Waals surface area contributed by atoms with E-state index in [9.17, 15) is 13.2 Å². The highest BCUT2D eigenvalue weighted by molar-refractivity contribution is 7.90. The van der Waals surface area contributed by atoms with Crippen LogP contribution in [0.3, 0.4) is 0 Å². The Hall–Kier alpha value is -2.18. The standard InChI is InChI=1S/C18H22N2O3S/c1-20(2)13-15-6-4-14(5-7-15)12-19-18(21)16-8-10-17(11-9-16)24(3,22)23/h4-11H,12-13H2,1-3H3,(H,19,21). The zero-order valence-electron chi connectivity index (χ0n) is 14.1. The van der Waals surface area contributed by atoms with E-state index in [0.29, 0.717) is 12.1 Å². The van der Waals surface area contributed by atoms with Crippen LogP contribution in [-0.4, -0.2) is 39.6 Å². The van der Waals surface area contributed by atoms with Gasteiger partial charge in [-0.2, -0.15) is 0 Å². The summed E-state index contributed by atoms with van der Waals surface area (Å²) < 4.78 is 22.8. The molecule has 128 valence electrons. The summed E-state index contributed by atoms with van der Waals surface area (Å²) in [4.78, 5) is 14.4. The van der Waals surface area contributed by atoms with Crippen LogP contribution in [0.25, 0.3) is 0 Å². The fourth-order valence-corrected chi connectivity index (χ4v) is 2.90. The van der Waals surface area contributed by atoms with Crippen LogP contribution in [0.5, 0.6) is 0 Å².